The topological polar surface area (TPSA) is 58.6 Å². The molecule has 0 atom stereocenters. The maximum atomic E-state index is 12.9. The number of esters is 1. The largest absolute Gasteiger partial charge is 0.453 e. The number of cyclic esters (lactones) is 1. The van der Waals surface area contributed by atoms with E-state index in [9.17, 15) is 9.59 Å². The van der Waals surface area contributed by atoms with Crippen LogP contribution in [0.5, 0.6) is 0 Å². The first-order valence-electron chi connectivity index (χ1n) is 14.5. The molecule has 1 heterocycles. The van der Waals surface area contributed by atoms with Crippen molar-refractivity contribution in [1.29, 1.82) is 0 Å². The number of benzene rings is 3. The van der Waals surface area contributed by atoms with E-state index < -0.39 is 5.97 Å². The lowest BCUT2D eigenvalue weighted by molar-refractivity contribution is -0.135. The van der Waals surface area contributed by atoms with Crippen LogP contribution < -0.4 is 5.32 Å². The summed E-state index contributed by atoms with van der Waals surface area (Å²) < 4.78 is 5.17. The number of hydrogen-bond donors (Lipinski definition) is 1. The molecule has 5 nitrogen and oxygen atoms in total. The van der Waals surface area contributed by atoms with Crippen LogP contribution in [-0.2, 0) is 26.3 Å². The van der Waals surface area contributed by atoms with E-state index in [4.69, 9.17) is 4.74 Å². The number of carbonyl (C=O) groups is 2. The van der Waals surface area contributed by atoms with Gasteiger partial charge in [0.05, 0.1) is 0 Å². The zero-order valence-electron chi connectivity index (χ0n) is 24.3. The van der Waals surface area contributed by atoms with Crippen molar-refractivity contribution in [3.63, 3.8) is 0 Å². The molecule has 40 heavy (non-hydrogen) atoms. The number of carbonyl (C=O) groups excluding carboxylic acids is 2. The number of ether oxygens (including phenoxy) is 1. The average molecular weight is 539 g/mol. The van der Waals surface area contributed by atoms with E-state index in [1.165, 1.54) is 24.8 Å². The van der Waals surface area contributed by atoms with Crippen LogP contribution in [0.25, 0.3) is 11.1 Å². The summed E-state index contributed by atoms with van der Waals surface area (Å²) in [5.41, 5.74) is 5.61. The highest BCUT2D eigenvalue weighted by atomic mass is 16.5. The van der Waals surface area contributed by atoms with Gasteiger partial charge < -0.3 is 15.0 Å². The van der Waals surface area contributed by atoms with Gasteiger partial charge in [-0.1, -0.05) is 120 Å². The molecule has 1 aliphatic rings. The Morgan fingerprint density at radius 3 is 2.08 bits per heavy atom. The van der Waals surface area contributed by atoms with Gasteiger partial charge in [-0.15, -0.1) is 0 Å². The molecular weight excluding hydrogens is 496 g/mol. The van der Waals surface area contributed by atoms with Crippen LogP contribution in [0.3, 0.4) is 0 Å². The van der Waals surface area contributed by atoms with Crippen molar-refractivity contribution in [2.75, 3.05) is 18.5 Å². The van der Waals surface area contributed by atoms with E-state index in [1.54, 1.807) is 0 Å². The molecule has 0 amide bonds. The van der Waals surface area contributed by atoms with Crippen molar-refractivity contribution in [3.8, 4) is 11.1 Å². The smallest absolute Gasteiger partial charge is 0.346 e. The van der Waals surface area contributed by atoms with E-state index in [0.717, 1.165) is 41.8 Å². The number of nitrogens with zero attached hydrogens (tertiary/aromatic N) is 1. The summed E-state index contributed by atoms with van der Waals surface area (Å²) in [6, 6.07) is 26.9. The molecule has 1 saturated heterocycles. The molecule has 5 heteroatoms. The van der Waals surface area contributed by atoms with E-state index >= 15 is 0 Å². The highest BCUT2D eigenvalue weighted by molar-refractivity contribution is 6.22. The standard InChI is InChI=1S/C35H42N2O3/c1-5-6-7-8-12-23-37(24-26-15-19-29(20-16-26)35(2,3)4)33(32-31(38)25-40-34(32)39)36-30-21-17-28(18-22-30)27-13-10-9-11-14-27/h9-11,13-22,36H,5-8,12,23-25H2,1-4H3/b33-32+. The van der Waals surface area contributed by atoms with Gasteiger partial charge in [0.1, 0.15) is 11.4 Å². The number of unbranched alkanes of at least 4 members (excludes halogenated alkanes) is 4. The van der Waals surface area contributed by atoms with Gasteiger partial charge in [-0.05, 0) is 46.2 Å². The Morgan fingerprint density at radius 2 is 1.48 bits per heavy atom. The third-order valence-corrected chi connectivity index (χ3v) is 7.35. The summed E-state index contributed by atoms with van der Waals surface area (Å²) in [4.78, 5) is 27.9. The number of rotatable bonds is 12. The average Bonchev–Trinajstić information content (AvgIpc) is 3.29. The molecule has 1 fully saturated rings. The molecule has 4 rings (SSSR count). The van der Waals surface area contributed by atoms with Crippen LogP contribution >= 0.6 is 0 Å². The lowest BCUT2D eigenvalue weighted by Crippen LogP contribution is -2.31. The molecule has 0 aromatic heterocycles. The summed E-state index contributed by atoms with van der Waals surface area (Å²) in [5, 5.41) is 3.45. The second kappa shape index (κ2) is 13.5. The molecular formula is C35H42N2O3. The summed E-state index contributed by atoms with van der Waals surface area (Å²) >= 11 is 0. The van der Waals surface area contributed by atoms with Gasteiger partial charge in [0.15, 0.2) is 6.61 Å². The SMILES string of the molecule is CCCCCCCN(Cc1ccc(C(C)(C)C)cc1)/C(Nc1ccc(-c2ccccc2)cc1)=C1\C(=O)COC1=O. The normalized spacial score (nSPS) is 14.7. The van der Waals surface area contributed by atoms with Crippen LogP contribution in [0.1, 0.15) is 70.9 Å². The molecule has 0 unspecified atom stereocenters. The first-order chi connectivity index (χ1) is 19.3. The molecule has 0 radical (unpaired) electrons. The molecule has 0 aliphatic carbocycles. The molecule has 3 aromatic rings. The van der Waals surface area contributed by atoms with Gasteiger partial charge in [0.2, 0.25) is 5.78 Å². The van der Waals surface area contributed by atoms with Gasteiger partial charge in [-0.25, -0.2) is 4.79 Å². The van der Waals surface area contributed by atoms with Crippen molar-refractivity contribution in [2.24, 2.45) is 0 Å². The van der Waals surface area contributed by atoms with Crippen LogP contribution in [-0.4, -0.2) is 29.8 Å². The number of nitrogens with one attached hydrogen (secondary N) is 1. The Morgan fingerprint density at radius 1 is 0.825 bits per heavy atom. The molecule has 1 aliphatic heterocycles. The number of Topliss-reactive ketones (excluding diaryl/α,β-unsaturated/α-hetero) is 1. The van der Waals surface area contributed by atoms with Crippen LogP contribution in [0.15, 0.2) is 90.3 Å². The second-order valence-electron chi connectivity index (χ2n) is 11.6. The minimum Gasteiger partial charge on any atom is -0.453 e. The number of anilines is 1. The maximum Gasteiger partial charge on any atom is 0.346 e. The van der Waals surface area contributed by atoms with Gasteiger partial charge >= 0.3 is 5.97 Å². The van der Waals surface area contributed by atoms with Gasteiger partial charge in [0.25, 0.3) is 0 Å². The summed E-state index contributed by atoms with van der Waals surface area (Å²) in [6.07, 6.45) is 5.62. The van der Waals surface area contributed by atoms with Crippen molar-refractivity contribution in [2.45, 2.75) is 71.8 Å². The van der Waals surface area contributed by atoms with E-state index in [1.807, 2.05) is 30.3 Å². The number of ketones is 1. The Labute approximate surface area is 239 Å². The van der Waals surface area contributed by atoms with Crippen molar-refractivity contribution in [3.05, 3.63) is 101 Å². The monoisotopic (exact) mass is 538 g/mol. The predicted octanol–water partition coefficient (Wildman–Crippen LogP) is 7.87. The lowest BCUT2D eigenvalue weighted by Gasteiger charge is -2.30. The molecule has 0 spiro atoms. The highest BCUT2D eigenvalue weighted by Crippen LogP contribution is 2.27. The second-order valence-corrected chi connectivity index (χ2v) is 11.6. The zero-order chi connectivity index (χ0) is 28.5. The molecule has 210 valence electrons. The quantitative estimate of drug-likeness (QED) is 0.110. The molecule has 0 saturated carbocycles. The molecule has 3 aromatic carbocycles. The van der Waals surface area contributed by atoms with Gasteiger partial charge in [0, 0.05) is 18.8 Å². The maximum absolute atomic E-state index is 12.9. The summed E-state index contributed by atoms with van der Waals surface area (Å²) in [5.74, 6) is -0.324. The van der Waals surface area contributed by atoms with Crippen molar-refractivity contribution in [1.82, 2.24) is 4.90 Å². The van der Waals surface area contributed by atoms with E-state index in [-0.39, 0.29) is 23.4 Å². The Balaban J connectivity index is 1.65. The van der Waals surface area contributed by atoms with Crippen molar-refractivity contribution < 1.29 is 14.3 Å². The first-order valence-corrected chi connectivity index (χ1v) is 14.5. The van der Waals surface area contributed by atoms with Crippen LogP contribution in [0.2, 0.25) is 0 Å². The molecule has 0 bridgehead atoms. The van der Waals surface area contributed by atoms with Gasteiger partial charge in [-0.3, -0.25) is 4.79 Å². The van der Waals surface area contributed by atoms with Gasteiger partial charge in [-0.2, -0.15) is 0 Å². The highest BCUT2D eigenvalue weighted by Gasteiger charge is 2.34. The fourth-order valence-corrected chi connectivity index (χ4v) is 4.94. The summed E-state index contributed by atoms with van der Waals surface area (Å²) in [6.45, 7) is 9.91. The predicted molar refractivity (Wildman–Crippen MR) is 163 cm³/mol. The molecule has 1 N–H and O–H groups in total. The third-order valence-electron chi connectivity index (χ3n) is 7.35. The van der Waals surface area contributed by atoms with E-state index in [2.05, 4.69) is 86.4 Å². The lowest BCUT2D eigenvalue weighted by atomic mass is 9.87. The fraction of sp³-hybridized carbons (Fsp3) is 0.371. The third kappa shape index (κ3) is 7.62. The fourth-order valence-electron chi connectivity index (χ4n) is 4.94. The van der Waals surface area contributed by atoms with E-state index in [0.29, 0.717) is 12.4 Å². The minimum atomic E-state index is -0.563. The summed E-state index contributed by atoms with van der Waals surface area (Å²) in [7, 11) is 0. The van der Waals surface area contributed by atoms with Crippen LogP contribution in [0, 0.1) is 0 Å². The minimum absolute atomic E-state index is 0.0676. The Kier molecular flexibility index (Phi) is 9.81. The zero-order valence-corrected chi connectivity index (χ0v) is 24.3. The van der Waals surface area contributed by atoms with Crippen LogP contribution in [0.4, 0.5) is 5.69 Å². The Bertz CT molecular complexity index is 1290. The first kappa shape index (κ1) is 29.1. The van der Waals surface area contributed by atoms with Crippen molar-refractivity contribution >= 4 is 17.4 Å². The number of hydrogen-bond acceptors (Lipinski definition) is 5. The Hall–Kier alpha value is -3.86.